The number of hydrogen-bond donors (Lipinski definition) is 1. The summed E-state index contributed by atoms with van der Waals surface area (Å²) in [6, 6.07) is 14.6. The molecule has 2 aliphatic rings. The first-order valence-electron chi connectivity index (χ1n) is 14.8. The van der Waals surface area contributed by atoms with Crippen LogP contribution in [-0.2, 0) is 34.4 Å². The number of pyridine rings is 1. The molecule has 2 aromatic heterocycles. The molecule has 1 aliphatic heterocycles. The van der Waals surface area contributed by atoms with Gasteiger partial charge in [-0.1, -0.05) is 37.1 Å². The minimum atomic E-state index is -1.79. The number of nitriles is 1. The second-order valence-corrected chi connectivity index (χ2v) is 12.1. The molecule has 1 N–H and O–H groups in total. The summed E-state index contributed by atoms with van der Waals surface area (Å²) in [5.41, 5.74) is -1.72. The summed E-state index contributed by atoms with van der Waals surface area (Å²) in [4.78, 5) is 37.1. The summed E-state index contributed by atoms with van der Waals surface area (Å²) in [6.45, 7) is 1.80. The molecular weight excluding hydrogens is 597 g/mol. The van der Waals surface area contributed by atoms with Gasteiger partial charge >= 0.3 is 0 Å². The Morgan fingerprint density at radius 3 is 2.58 bits per heavy atom. The highest BCUT2D eigenvalue weighted by atomic mass is 35.5. The van der Waals surface area contributed by atoms with Crippen LogP contribution in [0.25, 0.3) is 0 Å². The Labute approximate surface area is 264 Å². The fraction of sp³-hybridized carbons (Fsp3) is 0.324. The molecule has 2 aromatic carbocycles. The van der Waals surface area contributed by atoms with Crippen LogP contribution in [0.4, 0.5) is 4.39 Å². The van der Waals surface area contributed by atoms with Crippen LogP contribution in [0.1, 0.15) is 83.0 Å². The third-order valence-electron chi connectivity index (χ3n) is 8.55. The topological polar surface area (TPSA) is 121 Å². The van der Waals surface area contributed by atoms with E-state index in [1.807, 2.05) is 13.0 Å². The van der Waals surface area contributed by atoms with Crippen molar-refractivity contribution in [2.24, 2.45) is 7.05 Å². The van der Waals surface area contributed by atoms with Gasteiger partial charge in [0.1, 0.15) is 23.3 Å². The smallest absolute Gasteiger partial charge is 0.257 e. The summed E-state index contributed by atoms with van der Waals surface area (Å²) >= 11 is 6.26. The number of halogens is 2. The molecule has 1 amide bonds. The van der Waals surface area contributed by atoms with E-state index in [4.69, 9.17) is 16.3 Å². The third-order valence-corrected chi connectivity index (χ3v) is 8.80. The highest BCUT2D eigenvalue weighted by molar-refractivity contribution is 6.30. The van der Waals surface area contributed by atoms with Crippen molar-refractivity contribution >= 4 is 23.3 Å². The summed E-state index contributed by atoms with van der Waals surface area (Å²) in [7, 11) is 1.77. The number of imidazole rings is 1. The molecule has 0 radical (unpaired) electrons. The van der Waals surface area contributed by atoms with Crippen molar-refractivity contribution in [3.8, 4) is 6.07 Å². The molecule has 0 bridgehead atoms. The van der Waals surface area contributed by atoms with E-state index in [9.17, 15) is 20.0 Å². The van der Waals surface area contributed by atoms with Crippen LogP contribution in [0.2, 0.25) is 5.02 Å². The Kier molecular flexibility index (Phi) is 8.04. The first-order chi connectivity index (χ1) is 21.6. The van der Waals surface area contributed by atoms with Gasteiger partial charge in [-0.15, -0.1) is 0 Å². The number of hydrogen-bond acceptors (Lipinski definition) is 7. The minimum absolute atomic E-state index is 0.0170. The van der Waals surface area contributed by atoms with Gasteiger partial charge in [0.2, 0.25) is 5.72 Å². The zero-order valence-electron chi connectivity index (χ0n) is 24.8. The van der Waals surface area contributed by atoms with Crippen molar-refractivity contribution in [3.05, 3.63) is 117 Å². The highest BCUT2D eigenvalue weighted by Crippen LogP contribution is 2.50. The van der Waals surface area contributed by atoms with Gasteiger partial charge in [-0.05, 0) is 54.8 Å². The lowest BCUT2D eigenvalue weighted by Crippen LogP contribution is -2.48. The molecule has 1 saturated carbocycles. The number of aryl methyl sites for hydroxylation is 1. The van der Waals surface area contributed by atoms with Crippen LogP contribution >= 0.6 is 11.6 Å². The van der Waals surface area contributed by atoms with Crippen molar-refractivity contribution in [2.75, 3.05) is 0 Å². The van der Waals surface area contributed by atoms with E-state index in [1.54, 1.807) is 60.5 Å². The van der Waals surface area contributed by atoms with E-state index in [-0.39, 0.29) is 41.9 Å². The van der Waals surface area contributed by atoms with E-state index in [1.165, 1.54) is 23.2 Å². The quantitative estimate of drug-likeness (QED) is 0.260. The molecular formula is C34H31ClFN5O4. The lowest BCUT2D eigenvalue weighted by Gasteiger charge is -2.41. The van der Waals surface area contributed by atoms with Crippen LogP contribution in [0, 0.1) is 17.1 Å². The Morgan fingerprint density at radius 1 is 1.20 bits per heavy atom. The van der Waals surface area contributed by atoms with Crippen molar-refractivity contribution in [1.82, 2.24) is 19.4 Å². The highest BCUT2D eigenvalue weighted by Gasteiger charge is 2.56. The lowest BCUT2D eigenvalue weighted by atomic mass is 9.83. The van der Waals surface area contributed by atoms with E-state index < -0.39 is 29.2 Å². The van der Waals surface area contributed by atoms with E-state index in [0.29, 0.717) is 46.8 Å². The number of ketones is 1. The number of nitrogens with zero attached hydrogens (tertiary/aromatic N) is 5. The fourth-order valence-corrected chi connectivity index (χ4v) is 6.53. The van der Waals surface area contributed by atoms with Gasteiger partial charge in [0, 0.05) is 42.9 Å². The fourth-order valence-electron chi connectivity index (χ4n) is 6.41. The standard InChI is InChI=1S/C34H31ClFN5O4/c1-3-12-33(44,30-19-40(2)20-39-30)23-13-28-31(29(36)14-23)34(22-5-7-24(35)8-6-22,45-27-11-10-26(42)15-27)41(32(28)43)18-25-9-4-21(16-37)17-38-25/h4-9,13-14,17,19-20,27,44H,3,10-12,15,18H2,1-2H3/t27-,33?,34+/m0/s1. The van der Waals surface area contributed by atoms with Crippen molar-refractivity contribution < 1.29 is 23.8 Å². The maximum absolute atomic E-state index is 16.9. The predicted octanol–water partition coefficient (Wildman–Crippen LogP) is 5.51. The number of aromatic nitrogens is 3. The molecule has 6 rings (SSSR count). The van der Waals surface area contributed by atoms with E-state index in [0.717, 1.165) is 0 Å². The summed E-state index contributed by atoms with van der Waals surface area (Å²) in [5, 5.41) is 21.7. The maximum Gasteiger partial charge on any atom is 0.257 e. The zero-order chi connectivity index (χ0) is 31.9. The molecule has 45 heavy (non-hydrogen) atoms. The molecule has 1 unspecified atom stereocenters. The van der Waals surface area contributed by atoms with Gasteiger partial charge < -0.3 is 14.4 Å². The number of carbonyl (C=O) groups excluding carboxylic acids is 2. The van der Waals surface area contributed by atoms with Crippen LogP contribution < -0.4 is 0 Å². The molecule has 1 fully saturated rings. The Morgan fingerprint density at radius 2 is 1.98 bits per heavy atom. The zero-order valence-corrected chi connectivity index (χ0v) is 25.6. The molecule has 9 nitrogen and oxygen atoms in total. The number of carbonyl (C=O) groups is 2. The molecule has 1 aliphatic carbocycles. The van der Waals surface area contributed by atoms with E-state index in [2.05, 4.69) is 9.97 Å². The summed E-state index contributed by atoms with van der Waals surface area (Å²) in [5.74, 6) is -1.28. The minimum Gasteiger partial charge on any atom is -0.379 e. The van der Waals surface area contributed by atoms with Crippen LogP contribution in [0.5, 0.6) is 0 Å². The normalized spacial score (nSPS) is 20.7. The van der Waals surface area contributed by atoms with Gasteiger partial charge in [0.25, 0.3) is 5.91 Å². The largest absolute Gasteiger partial charge is 0.379 e. The lowest BCUT2D eigenvalue weighted by molar-refractivity contribution is -0.149. The van der Waals surface area contributed by atoms with Gasteiger partial charge in [-0.3, -0.25) is 19.5 Å². The Bertz CT molecular complexity index is 1820. The SMILES string of the molecule is CCCC(O)(c1cc(F)c2c(c1)C(=O)N(Cc1ccc(C#N)cn1)[C@@]2(O[C@H]1CCC(=O)C1)c1ccc(Cl)cc1)c1cn(C)cn1. The van der Waals surface area contributed by atoms with Gasteiger partial charge in [-0.25, -0.2) is 9.37 Å². The summed E-state index contributed by atoms with van der Waals surface area (Å²) in [6.07, 6.45) is 5.68. The predicted molar refractivity (Wildman–Crippen MR) is 162 cm³/mol. The monoisotopic (exact) mass is 627 g/mol. The first kappa shape index (κ1) is 30.6. The number of Topliss-reactive ketones (excluding diaryl/α,β-unsaturated/α-hetero) is 1. The molecule has 3 atom stereocenters. The third kappa shape index (κ3) is 5.31. The molecule has 11 heteroatoms. The number of amides is 1. The Balaban J connectivity index is 1.59. The number of ether oxygens (including phenoxy) is 1. The van der Waals surface area contributed by atoms with Gasteiger partial charge in [-0.2, -0.15) is 5.26 Å². The maximum atomic E-state index is 16.9. The molecule has 0 spiro atoms. The average Bonchev–Trinajstić information content (AvgIpc) is 3.72. The average molecular weight is 628 g/mol. The molecule has 0 saturated heterocycles. The summed E-state index contributed by atoms with van der Waals surface area (Å²) < 4.78 is 25.4. The van der Waals surface area contributed by atoms with Gasteiger partial charge in [0.15, 0.2) is 0 Å². The number of rotatable bonds is 9. The van der Waals surface area contributed by atoms with Crippen LogP contribution in [0.3, 0.4) is 0 Å². The first-order valence-corrected chi connectivity index (χ1v) is 15.1. The van der Waals surface area contributed by atoms with E-state index >= 15 is 4.39 Å². The van der Waals surface area contributed by atoms with Gasteiger partial charge in [0.05, 0.1) is 47.1 Å². The molecule has 4 aromatic rings. The van der Waals surface area contributed by atoms with Crippen molar-refractivity contribution in [3.63, 3.8) is 0 Å². The van der Waals surface area contributed by atoms with Crippen LogP contribution in [0.15, 0.2) is 67.3 Å². The van der Waals surface area contributed by atoms with Crippen LogP contribution in [-0.4, -0.2) is 42.3 Å². The van der Waals surface area contributed by atoms with Crippen molar-refractivity contribution in [1.29, 1.82) is 5.26 Å². The Hall–Kier alpha value is -4.43. The second-order valence-electron chi connectivity index (χ2n) is 11.6. The second kappa shape index (κ2) is 11.8. The molecule has 230 valence electrons. The number of aliphatic hydroxyl groups is 1. The number of fused-ring (bicyclic) bond motifs is 1. The number of benzene rings is 2. The molecule has 3 heterocycles. The van der Waals surface area contributed by atoms with Crippen molar-refractivity contribution in [2.45, 2.75) is 63.0 Å².